The number of nitrogens with one attached hydrogen (secondary N) is 4. The number of H-pyrrole nitrogens is 2. The van der Waals surface area contributed by atoms with Crippen LogP contribution in [0.15, 0.2) is 35.2 Å². The van der Waals surface area contributed by atoms with Crippen molar-refractivity contribution in [2.45, 2.75) is 77.5 Å². The molecule has 7 rings (SSSR count). The van der Waals surface area contributed by atoms with Crippen molar-refractivity contribution < 1.29 is 29.0 Å². The summed E-state index contributed by atoms with van der Waals surface area (Å²) in [6.45, 7) is 8.59. The number of fused-ring (bicyclic) bond motifs is 2. The molecule has 280 valence electrons. The van der Waals surface area contributed by atoms with E-state index in [1.54, 1.807) is 27.6 Å². The normalized spacial score (nSPS) is 18.7. The van der Waals surface area contributed by atoms with Gasteiger partial charge < -0.3 is 40.2 Å². The van der Waals surface area contributed by atoms with Crippen LogP contribution < -0.4 is 10.6 Å². The van der Waals surface area contributed by atoms with Gasteiger partial charge in [-0.05, 0) is 43.6 Å². The van der Waals surface area contributed by atoms with E-state index in [1.165, 1.54) is 7.11 Å². The van der Waals surface area contributed by atoms with E-state index in [0.29, 0.717) is 18.9 Å². The number of amides is 4. The quantitative estimate of drug-likeness (QED) is 0.102. The molecule has 2 aliphatic heterocycles. The third-order valence-corrected chi connectivity index (χ3v) is 12.5. The molecule has 2 saturated heterocycles. The first-order valence-electron chi connectivity index (χ1n) is 17.9. The molecule has 14 nitrogen and oxygen atoms in total. The Balaban J connectivity index is 1.15. The second-order valence-electron chi connectivity index (χ2n) is 14.4. The average molecular weight is 761 g/mol. The zero-order valence-corrected chi connectivity index (χ0v) is 31.9. The lowest BCUT2D eigenvalue weighted by Crippen LogP contribution is -2.51. The smallest absolute Gasteiger partial charge is 0.407 e. The minimum Gasteiger partial charge on any atom is -0.465 e. The molecule has 0 aliphatic carbocycles. The number of methoxy groups -OCH3 is 1. The maximum atomic E-state index is 13.7. The van der Waals surface area contributed by atoms with Gasteiger partial charge in [-0.3, -0.25) is 9.59 Å². The number of para-hydroxylation sites is 1. The van der Waals surface area contributed by atoms with E-state index >= 15 is 0 Å². The molecule has 4 aromatic heterocycles. The van der Waals surface area contributed by atoms with Crippen LogP contribution in [0.1, 0.15) is 77.1 Å². The number of carboxylic acid groups (broad SMARTS) is 1. The maximum absolute atomic E-state index is 13.7. The number of benzene rings is 1. The van der Waals surface area contributed by atoms with Gasteiger partial charge >= 0.3 is 12.2 Å². The lowest BCUT2D eigenvalue weighted by Gasteiger charge is -2.29. The Morgan fingerprint density at radius 1 is 0.849 bits per heavy atom. The number of alkyl carbamates (subject to hydrolysis) is 1. The van der Waals surface area contributed by atoms with Crippen molar-refractivity contribution >= 4 is 67.1 Å². The summed E-state index contributed by atoms with van der Waals surface area (Å²) in [5, 5.41) is 18.7. The molecule has 4 amide bonds. The van der Waals surface area contributed by atoms with Gasteiger partial charge in [-0.15, -0.1) is 22.7 Å². The van der Waals surface area contributed by atoms with Crippen molar-refractivity contribution in [3.8, 4) is 22.4 Å². The van der Waals surface area contributed by atoms with Gasteiger partial charge in [-0.1, -0.05) is 39.8 Å². The summed E-state index contributed by atoms with van der Waals surface area (Å²) in [5.74, 6) is 0.709. The molecule has 5 N–H and O–H groups in total. The topological polar surface area (TPSA) is 186 Å². The molecule has 2 aliphatic rings. The van der Waals surface area contributed by atoms with E-state index in [2.05, 4.69) is 37.4 Å². The first-order valence-corrected chi connectivity index (χ1v) is 19.7. The molecule has 0 spiro atoms. The number of rotatable bonds is 10. The van der Waals surface area contributed by atoms with Crippen LogP contribution in [0.3, 0.4) is 0 Å². The molecule has 1 aromatic carbocycles. The van der Waals surface area contributed by atoms with Crippen LogP contribution in [0.5, 0.6) is 0 Å². The molecule has 0 bridgehead atoms. The van der Waals surface area contributed by atoms with Crippen LogP contribution in [-0.2, 0) is 14.3 Å². The fourth-order valence-electron chi connectivity index (χ4n) is 7.60. The zero-order valence-electron chi connectivity index (χ0n) is 30.3. The lowest BCUT2D eigenvalue weighted by molar-refractivity contribution is -0.136. The number of thiophene rings is 2. The highest BCUT2D eigenvalue weighted by Crippen LogP contribution is 2.46. The number of carbonyl (C=O) groups is 4. The molecular formula is C37H44N8O6S2. The van der Waals surface area contributed by atoms with E-state index in [4.69, 9.17) is 14.7 Å². The number of nitrogens with zero attached hydrogens (tertiary/aromatic N) is 4. The standard InChI is InChI=1S/C37H44N8O6S2/c1-18(2)27(42-36(48)49)34(46)44-13-7-11-25(44)32-38-15-24(40-32)22-17-53-30-21(16-52-31(22)30)20-9-6-10-23-29(20)41-33(39-23)26-12-8-14-45(26)35(47)28(19(3)4)43-37(50)51-5/h6,9-10,15-19,25-28,42H,7-8,11-14H2,1-5H3,(H,38,40)(H,39,41)(H,43,50)(H,48,49)/t25?,26?,27-,28-/m0/s1. The number of ether oxygens (including phenoxy) is 1. The first kappa shape index (κ1) is 36.4. The number of likely N-dealkylation sites (tertiary alicyclic amines) is 2. The Morgan fingerprint density at radius 3 is 2.08 bits per heavy atom. The van der Waals surface area contributed by atoms with Crippen LogP contribution in [0.25, 0.3) is 42.8 Å². The Bertz CT molecular complexity index is 2170. The molecule has 5 aromatic rings. The zero-order chi connectivity index (χ0) is 37.6. The molecule has 16 heteroatoms. The Labute approximate surface area is 314 Å². The van der Waals surface area contributed by atoms with Gasteiger partial charge in [0.15, 0.2) is 0 Å². The number of aromatic nitrogens is 4. The Morgan fingerprint density at radius 2 is 1.45 bits per heavy atom. The summed E-state index contributed by atoms with van der Waals surface area (Å²) < 4.78 is 7.03. The first-order chi connectivity index (χ1) is 25.5. The lowest BCUT2D eigenvalue weighted by atomic mass is 10.0. The monoisotopic (exact) mass is 760 g/mol. The SMILES string of the molecule is COC(=O)N[C@H](C(=O)N1CCCC1c1nc2c(-c3csc4c(-c5cnc(C6CCCN6C(=O)[C@@H](NC(=O)O)C(C)C)[nH]5)csc34)cccc2[nH]1)C(C)C. The minimum atomic E-state index is -1.22. The summed E-state index contributed by atoms with van der Waals surface area (Å²) in [4.78, 5) is 71.1. The van der Waals surface area contributed by atoms with Crippen LogP contribution in [-0.4, -0.2) is 91.1 Å². The number of hydrogen-bond acceptors (Lipinski definition) is 9. The largest absolute Gasteiger partial charge is 0.465 e. The van der Waals surface area contributed by atoms with Crippen LogP contribution in [0.2, 0.25) is 0 Å². The van der Waals surface area contributed by atoms with Gasteiger partial charge in [0.25, 0.3) is 0 Å². The fourth-order valence-corrected chi connectivity index (χ4v) is 10.0. The molecule has 53 heavy (non-hydrogen) atoms. The van der Waals surface area contributed by atoms with Crippen molar-refractivity contribution in [1.82, 2.24) is 40.4 Å². The summed E-state index contributed by atoms with van der Waals surface area (Å²) in [7, 11) is 1.29. The molecule has 6 heterocycles. The Kier molecular flexibility index (Phi) is 10.2. The highest BCUT2D eigenvalue weighted by molar-refractivity contribution is 7.27. The van der Waals surface area contributed by atoms with Crippen LogP contribution in [0.4, 0.5) is 9.59 Å². The molecule has 2 unspecified atom stereocenters. The van der Waals surface area contributed by atoms with Crippen molar-refractivity contribution in [2.75, 3.05) is 20.2 Å². The van der Waals surface area contributed by atoms with Gasteiger partial charge in [0.05, 0.1) is 51.5 Å². The predicted octanol–water partition coefficient (Wildman–Crippen LogP) is 6.90. The average Bonchev–Trinajstić information content (AvgIpc) is 3.97. The second kappa shape index (κ2) is 14.8. The summed E-state index contributed by atoms with van der Waals surface area (Å²) in [5.41, 5.74) is 5.66. The molecule has 0 saturated carbocycles. The van der Waals surface area contributed by atoms with Gasteiger partial charge in [-0.25, -0.2) is 19.6 Å². The van der Waals surface area contributed by atoms with Crippen molar-refractivity contribution in [1.29, 1.82) is 0 Å². The summed E-state index contributed by atoms with van der Waals surface area (Å²) in [6, 6.07) is 4.04. The maximum Gasteiger partial charge on any atom is 0.407 e. The van der Waals surface area contributed by atoms with Gasteiger partial charge in [0.2, 0.25) is 11.8 Å². The number of imidazole rings is 2. The molecule has 0 radical (unpaired) electrons. The van der Waals surface area contributed by atoms with Crippen molar-refractivity contribution in [3.63, 3.8) is 0 Å². The third-order valence-electron chi connectivity index (χ3n) is 10.3. The summed E-state index contributed by atoms with van der Waals surface area (Å²) >= 11 is 3.31. The van der Waals surface area contributed by atoms with Gasteiger partial charge in [0, 0.05) is 40.5 Å². The second-order valence-corrected chi connectivity index (χ2v) is 16.1. The third kappa shape index (κ3) is 6.85. The molecule has 4 atom stereocenters. The van der Waals surface area contributed by atoms with E-state index in [1.807, 2.05) is 50.9 Å². The fraction of sp³-hybridized carbons (Fsp3) is 0.459. The van der Waals surface area contributed by atoms with Crippen molar-refractivity contribution in [2.24, 2.45) is 11.8 Å². The highest BCUT2D eigenvalue weighted by atomic mass is 32.1. The summed E-state index contributed by atoms with van der Waals surface area (Å²) in [6.07, 6.45) is 3.10. The number of hydrogen-bond donors (Lipinski definition) is 5. The van der Waals surface area contributed by atoms with Gasteiger partial charge in [-0.2, -0.15) is 0 Å². The van der Waals surface area contributed by atoms with Crippen LogP contribution in [0, 0.1) is 11.8 Å². The molecular weight excluding hydrogens is 717 g/mol. The van der Waals surface area contributed by atoms with E-state index in [-0.39, 0.29) is 35.7 Å². The molecule has 2 fully saturated rings. The van der Waals surface area contributed by atoms with Crippen molar-refractivity contribution in [3.05, 3.63) is 46.8 Å². The minimum absolute atomic E-state index is 0.123. The predicted molar refractivity (Wildman–Crippen MR) is 204 cm³/mol. The van der Waals surface area contributed by atoms with Gasteiger partial charge in [0.1, 0.15) is 23.7 Å². The number of aromatic amines is 2. The number of carbonyl (C=O) groups excluding carboxylic acids is 3. The van der Waals surface area contributed by atoms with E-state index < -0.39 is 24.3 Å². The Hall–Kier alpha value is -4.96. The van der Waals surface area contributed by atoms with E-state index in [0.717, 1.165) is 74.3 Å². The highest BCUT2D eigenvalue weighted by Gasteiger charge is 2.39. The van der Waals surface area contributed by atoms with Crippen LogP contribution >= 0.6 is 22.7 Å². The van der Waals surface area contributed by atoms with E-state index in [9.17, 15) is 24.3 Å².